The Morgan fingerprint density at radius 3 is 2.40 bits per heavy atom. The topological polar surface area (TPSA) is 125 Å². The van der Waals surface area contributed by atoms with Crippen LogP contribution < -0.4 is 5.32 Å². The maximum absolute atomic E-state index is 12.9. The summed E-state index contributed by atoms with van der Waals surface area (Å²) < 4.78 is 9.88. The van der Waals surface area contributed by atoms with Crippen molar-refractivity contribution in [1.29, 1.82) is 0 Å². The number of benzene rings is 2. The van der Waals surface area contributed by atoms with E-state index in [0.717, 1.165) is 12.5 Å². The average molecular weight is 414 g/mol. The molecule has 9 nitrogen and oxygen atoms in total. The molecule has 1 N–H and O–H groups in total. The van der Waals surface area contributed by atoms with Crippen LogP contribution in [0.25, 0.3) is 0 Å². The summed E-state index contributed by atoms with van der Waals surface area (Å²) in [4.78, 5) is 47.6. The largest absolute Gasteiger partial charge is 0.463 e. The van der Waals surface area contributed by atoms with Gasteiger partial charge in [0.2, 0.25) is 0 Å². The quantitative estimate of drug-likeness (QED) is 0.206. The molecule has 0 unspecified atom stereocenters. The summed E-state index contributed by atoms with van der Waals surface area (Å²) in [5.74, 6) is -2.13. The summed E-state index contributed by atoms with van der Waals surface area (Å²) in [5, 5.41) is 13.9. The monoisotopic (exact) mass is 414 g/mol. The van der Waals surface area contributed by atoms with Crippen LogP contribution in [0.1, 0.15) is 46.0 Å². The molecule has 158 valence electrons. The van der Waals surface area contributed by atoms with E-state index in [0.29, 0.717) is 6.42 Å². The summed E-state index contributed by atoms with van der Waals surface area (Å²) in [6, 6.07) is 9.87. The van der Waals surface area contributed by atoms with Crippen molar-refractivity contribution in [3.63, 3.8) is 0 Å². The van der Waals surface area contributed by atoms with E-state index in [4.69, 9.17) is 9.47 Å². The summed E-state index contributed by atoms with van der Waals surface area (Å²) in [7, 11) is 1.53. The van der Waals surface area contributed by atoms with Crippen LogP contribution in [0.2, 0.25) is 0 Å². The first-order valence-electron chi connectivity index (χ1n) is 9.31. The molecule has 30 heavy (non-hydrogen) atoms. The number of esters is 2. The normalized spacial score (nSPS) is 10.2. The van der Waals surface area contributed by atoms with Crippen LogP contribution >= 0.6 is 0 Å². The Bertz CT molecular complexity index is 956. The van der Waals surface area contributed by atoms with E-state index in [-0.39, 0.29) is 34.7 Å². The highest BCUT2D eigenvalue weighted by Crippen LogP contribution is 2.27. The minimum Gasteiger partial charge on any atom is -0.463 e. The minimum atomic E-state index is -0.868. The first-order valence-corrected chi connectivity index (χ1v) is 9.31. The standard InChI is InChI=1S/C21H22N2O7/c1-3-4-11-29-19(24)13-30-21(26)16-8-6-5-7-15(16)20(25)14-9-10-17(22-2)18(12-14)23(27)28/h5-10,12,22H,3-4,11,13H2,1-2H3. The maximum Gasteiger partial charge on any atom is 0.344 e. The Morgan fingerprint density at radius 1 is 1.07 bits per heavy atom. The molecule has 0 aliphatic rings. The van der Waals surface area contributed by atoms with E-state index in [1.165, 1.54) is 31.3 Å². The molecule has 0 bridgehead atoms. The number of carbonyl (C=O) groups excluding carboxylic acids is 3. The van der Waals surface area contributed by atoms with Crippen molar-refractivity contribution in [1.82, 2.24) is 0 Å². The Hall–Kier alpha value is -3.75. The SMILES string of the molecule is CCCCOC(=O)COC(=O)c1ccccc1C(=O)c1ccc(NC)c([N+](=O)[O-])c1. The van der Waals surface area contributed by atoms with Crippen LogP contribution in [0.4, 0.5) is 11.4 Å². The maximum atomic E-state index is 12.9. The third kappa shape index (κ3) is 5.63. The van der Waals surface area contributed by atoms with E-state index in [1.54, 1.807) is 12.1 Å². The second-order valence-electron chi connectivity index (χ2n) is 6.26. The molecule has 0 saturated heterocycles. The molecule has 0 radical (unpaired) electrons. The highest BCUT2D eigenvalue weighted by molar-refractivity contribution is 6.15. The van der Waals surface area contributed by atoms with Gasteiger partial charge in [0.1, 0.15) is 5.69 Å². The smallest absolute Gasteiger partial charge is 0.344 e. The minimum absolute atomic E-state index is 0.00774. The number of nitro benzene ring substituents is 1. The molecule has 0 aliphatic heterocycles. The Kier molecular flexibility index (Phi) is 8.04. The number of ether oxygens (including phenoxy) is 2. The lowest BCUT2D eigenvalue weighted by molar-refractivity contribution is -0.384. The van der Waals surface area contributed by atoms with Crippen LogP contribution in [0, 0.1) is 10.1 Å². The molecule has 9 heteroatoms. The number of nitrogens with zero attached hydrogens (tertiary/aromatic N) is 1. The molecule has 0 atom stereocenters. The number of nitro groups is 1. The second kappa shape index (κ2) is 10.7. The lowest BCUT2D eigenvalue weighted by Crippen LogP contribution is -2.19. The van der Waals surface area contributed by atoms with Gasteiger partial charge in [-0.15, -0.1) is 0 Å². The van der Waals surface area contributed by atoms with Crippen molar-refractivity contribution in [2.45, 2.75) is 19.8 Å². The number of hydrogen-bond acceptors (Lipinski definition) is 8. The van der Waals surface area contributed by atoms with E-state index < -0.39 is 29.3 Å². The van der Waals surface area contributed by atoms with Crippen molar-refractivity contribution in [3.8, 4) is 0 Å². The molecule has 0 aromatic heterocycles. The van der Waals surface area contributed by atoms with Crippen LogP contribution in [0.3, 0.4) is 0 Å². The number of nitrogens with one attached hydrogen (secondary N) is 1. The van der Waals surface area contributed by atoms with Gasteiger partial charge >= 0.3 is 11.9 Å². The van der Waals surface area contributed by atoms with Gasteiger partial charge in [-0.2, -0.15) is 0 Å². The van der Waals surface area contributed by atoms with Crippen LogP contribution in [0.15, 0.2) is 42.5 Å². The van der Waals surface area contributed by atoms with E-state index in [2.05, 4.69) is 5.32 Å². The third-order valence-electron chi connectivity index (χ3n) is 4.20. The predicted molar refractivity (Wildman–Crippen MR) is 109 cm³/mol. The van der Waals surface area contributed by atoms with E-state index in [9.17, 15) is 24.5 Å². The first-order chi connectivity index (χ1) is 14.4. The number of carbonyl (C=O) groups is 3. The van der Waals surface area contributed by atoms with Crippen molar-refractivity contribution in [2.24, 2.45) is 0 Å². The Balaban J connectivity index is 2.21. The van der Waals surface area contributed by atoms with Crippen molar-refractivity contribution in [2.75, 3.05) is 25.6 Å². The fourth-order valence-corrected chi connectivity index (χ4v) is 2.62. The Labute approximate surface area is 173 Å². The highest BCUT2D eigenvalue weighted by atomic mass is 16.6. The third-order valence-corrected chi connectivity index (χ3v) is 4.20. The molecule has 2 aromatic rings. The Morgan fingerprint density at radius 2 is 1.77 bits per heavy atom. The lowest BCUT2D eigenvalue weighted by Gasteiger charge is -2.10. The van der Waals surface area contributed by atoms with Gasteiger partial charge in [-0.3, -0.25) is 14.9 Å². The molecule has 0 amide bonds. The average Bonchev–Trinajstić information content (AvgIpc) is 2.76. The van der Waals surface area contributed by atoms with Gasteiger partial charge in [0.15, 0.2) is 12.4 Å². The summed E-state index contributed by atoms with van der Waals surface area (Å²) in [6.07, 6.45) is 1.56. The van der Waals surface area contributed by atoms with E-state index >= 15 is 0 Å². The van der Waals surface area contributed by atoms with Gasteiger partial charge in [-0.25, -0.2) is 9.59 Å². The van der Waals surface area contributed by atoms with Crippen LogP contribution in [-0.2, 0) is 14.3 Å². The number of hydrogen-bond donors (Lipinski definition) is 1. The summed E-state index contributed by atoms with van der Waals surface area (Å²) >= 11 is 0. The zero-order chi connectivity index (χ0) is 22.1. The second-order valence-corrected chi connectivity index (χ2v) is 6.26. The van der Waals surface area contributed by atoms with E-state index in [1.807, 2.05) is 6.92 Å². The number of unbranched alkanes of at least 4 members (excludes halogenated alkanes) is 1. The number of rotatable bonds is 10. The van der Waals surface area contributed by atoms with Gasteiger partial charge in [0, 0.05) is 24.2 Å². The number of anilines is 1. The van der Waals surface area contributed by atoms with Crippen molar-refractivity contribution >= 4 is 29.1 Å². The van der Waals surface area contributed by atoms with Gasteiger partial charge in [0.25, 0.3) is 5.69 Å². The predicted octanol–water partition coefficient (Wildman–Crippen LogP) is 3.37. The molecule has 0 saturated carbocycles. The van der Waals surface area contributed by atoms with Crippen molar-refractivity contribution < 1.29 is 28.8 Å². The van der Waals surface area contributed by atoms with Gasteiger partial charge in [-0.1, -0.05) is 31.5 Å². The highest BCUT2D eigenvalue weighted by Gasteiger charge is 2.23. The molecule has 2 rings (SSSR count). The van der Waals surface area contributed by atoms with Crippen LogP contribution in [0.5, 0.6) is 0 Å². The molecule has 2 aromatic carbocycles. The van der Waals surface area contributed by atoms with Gasteiger partial charge in [-0.05, 0) is 24.6 Å². The first kappa shape index (κ1) is 22.5. The van der Waals surface area contributed by atoms with Crippen molar-refractivity contribution in [3.05, 3.63) is 69.3 Å². The lowest BCUT2D eigenvalue weighted by atomic mass is 9.97. The zero-order valence-corrected chi connectivity index (χ0v) is 16.7. The molecular weight excluding hydrogens is 392 g/mol. The summed E-state index contributed by atoms with van der Waals surface area (Å²) in [6.45, 7) is 1.61. The number of ketones is 1. The van der Waals surface area contributed by atoms with Gasteiger partial charge in [0.05, 0.1) is 17.1 Å². The molecular formula is C21H22N2O7. The fraction of sp³-hybridized carbons (Fsp3) is 0.286. The molecule has 0 heterocycles. The summed E-state index contributed by atoms with van der Waals surface area (Å²) in [5.41, 5.74) is -0.0125. The molecule has 0 spiro atoms. The van der Waals surface area contributed by atoms with Gasteiger partial charge < -0.3 is 14.8 Å². The fourth-order valence-electron chi connectivity index (χ4n) is 2.62. The molecule has 0 aliphatic carbocycles. The molecule has 0 fully saturated rings. The zero-order valence-electron chi connectivity index (χ0n) is 16.7. The van der Waals surface area contributed by atoms with Crippen LogP contribution in [-0.4, -0.2) is 42.9 Å².